The average molecular weight is 481 g/mol. The lowest BCUT2D eigenvalue weighted by Gasteiger charge is -2.25. The van der Waals surface area contributed by atoms with Crippen LogP contribution in [0.5, 0.6) is 0 Å². The number of likely N-dealkylation sites (tertiary alicyclic amines) is 1. The second kappa shape index (κ2) is 9.61. The summed E-state index contributed by atoms with van der Waals surface area (Å²) in [6.45, 7) is 4.42. The molecular weight excluding hydrogens is 458 g/mol. The Bertz CT molecular complexity index is 948. The van der Waals surface area contributed by atoms with E-state index >= 15 is 0 Å². The summed E-state index contributed by atoms with van der Waals surface area (Å²) in [6.07, 6.45) is 2.34. The van der Waals surface area contributed by atoms with Crippen LogP contribution in [-0.4, -0.2) is 35.6 Å². The third-order valence-corrected chi connectivity index (χ3v) is 5.53. The van der Waals surface area contributed by atoms with Crippen molar-refractivity contribution in [3.8, 4) is 11.3 Å². The Hall–Kier alpha value is -2.09. The minimum Gasteiger partial charge on any atom is -0.465 e. The van der Waals surface area contributed by atoms with Crippen molar-refractivity contribution in [2.45, 2.75) is 25.8 Å². The number of hydrogen-bond donors (Lipinski definition) is 1. The Morgan fingerprint density at radius 2 is 1.93 bits per heavy atom. The number of furan rings is 1. The summed E-state index contributed by atoms with van der Waals surface area (Å²) in [5.74, 6) is 2.08. The molecule has 29 heavy (non-hydrogen) atoms. The highest BCUT2D eigenvalue weighted by Gasteiger charge is 2.27. The number of aryl methyl sites for hydroxylation is 1. The van der Waals surface area contributed by atoms with E-state index in [4.69, 9.17) is 8.94 Å². The van der Waals surface area contributed by atoms with E-state index in [2.05, 4.69) is 31.3 Å². The van der Waals surface area contributed by atoms with Crippen LogP contribution in [0.3, 0.4) is 0 Å². The molecule has 4 rings (SSSR count). The summed E-state index contributed by atoms with van der Waals surface area (Å²) in [4.78, 5) is 15.0. The summed E-state index contributed by atoms with van der Waals surface area (Å²) in [5.41, 5.74) is 1.14. The fraction of sp³-hybridized carbons (Fsp3) is 0.333. The third kappa shape index (κ3) is 5.10. The van der Waals surface area contributed by atoms with Crippen LogP contribution in [0.1, 0.15) is 40.9 Å². The predicted molar refractivity (Wildman–Crippen MR) is 116 cm³/mol. The van der Waals surface area contributed by atoms with Gasteiger partial charge in [0.05, 0.1) is 6.04 Å². The van der Waals surface area contributed by atoms with Crippen molar-refractivity contribution in [3.63, 3.8) is 0 Å². The quantitative estimate of drug-likeness (QED) is 0.538. The zero-order valence-electron chi connectivity index (χ0n) is 16.1. The van der Waals surface area contributed by atoms with E-state index in [-0.39, 0.29) is 30.0 Å². The first kappa shape index (κ1) is 21.6. The van der Waals surface area contributed by atoms with Crippen LogP contribution in [0, 0.1) is 6.92 Å². The van der Waals surface area contributed by atoms with Gasteiger partial charge in [0.15, 0.2) is 11.5 Å². The first-order chi connectivity index (χ1) is 13.6. The van der Waals surface area contributed by atoms with Crippen molar-refractivity contribution in [1.82, 2.24) is 15.4 Å². The Kier molecular flexibility index (Phi) is 7.16. The van der Waals surface area contributed by atoms with Gasteiger partial charge >= 0.3 is 0 Å². The average Bonchev–Trinajstić information content (AvgIpc) is 3.44. The second-order valence-electron chi connectivity index (χ2n) is 7.00. The molecule has 0 bridgehead atoms. The van der Waals surface area contributed by atoms with Gasteiger partial charge in [0.2, 0.25) is 0 Å². The topological polar surface area (TPSA) is 71.5 Å². The predicted octanol–water partition coefficient (Wildman–Crippen LogP) is 4.99. The van der Waals surface area contributed by atoms with Gasteiger partial charge in [-0.05, 0) is 57.1 Å². The Morgan fingerprint density at radius 1 is 1.21 bits per heavy atom. The number of halogens is 2. The number of carbonyl (C=O) groups is 1. The fourth-order valence-electron chi connectivity index (χ4n) is 3.51. The molecule has 0 saturated carbocycles. The minimum absolute atomic E-state index is 0. The lowest BCUT2D eigenvalue weighted by Crippen LogP contribution is -2.36. The fourth-order valence-corrected chi connectivity index (χ4v) is 3.77. The molecule has 0 radical (unpaired) electrons. The van der Waals surface area contributed by atoms with E-state index in [1.54, 1.807) is 6.07 Å². The van der Waals surface area contributed by atoms with Gasteiger partial charge in [-0.3, -0.25) is 9.69 Å². The monoisotopic (exact) mass is 479 g/mol. The van der Waals surface area contributed by atoms with Crippen LogP contribution in [-0.2, 0) is 0 Å². The van der Waals surface area contributed by atoms with E-state index in [0.717, 1.165) is 34.6 Å². The molecule has 8 heteroatoms. The first-order valence-corrected chi connectivity index (χ1v) is 10.2. The Morgan fingerprint density at radius 3 is 2.59 bits per heavy atom. The van der Waals surface area contributed by atoms with Gasteiger partial charge in [0.1, 0.15) is 11.5 Å². The van der Waals surface area contributed by atoms with Crippen LogP contribution in [0.2, 0.25) is 0 Å². The highest BCUT2D eigenvalue weighted by molar-refractivity contribution is 9.10. The van der Waals surface area contributed by atoms with Gasteiger partial charge in [0, 0.05) is 22.6 Å². The van der Waals surface area contributed by atoms with Crippen LogP contribution < -0.4 is 5.32 Å². The molecule has 1 amide bonds. The van der Waals surface area contributed by atoms with Crippen LogP contribution >= 0.6 is 28.3 Å². The van der Waals surface area contributed by atoms with Crippen molar-refractivity contribution < 1.29 is 13.7 Å². The summed E-state index contributed by atoms with van der Waals surface area (Å²) in [7, 11) is 0. The van der Waals surface area contributed by atoms with Gasteiger partial charge < -0.3 is 14.3 Å². The molecule has 6 nitrogen and oxygen atoms in total. The summed E-state index contributed by atoms with van der Waals surface area (Å²) in [6, 6.07) is 13.3. The van der Waals surface area contributed by atoms with E-state index < -0.39 is 0 Å². The number of hydrogen-bond acceptors (Lipinski definition) is 5. The molecule has 1 aliphatic rings. The number of carbonyl (C=O) groups excluding carboxylic acids is 1. The maximum absolute atomic E-state index is 12.6. The molecule has 0 spiro atoms. The zero-order valence-corrected chi connectivity index (χ0v) is 18.5. The van der Waals surface area contributed by atoms with Gasteiger partial charge in [-0.25, -0.2) is 0 Å². The molecule has 2 aromatic heterocycles. The number of amides is 1. The molecule has 1 aromatic carbocycles. The number of nitrogens with zero attached hydrogens (tertiary/aromatic N) is 2. The highest BCUT2D eigenvalue weighted by atomic mass is 79.9. The number of nitrogens with one attached hydrogen (secondary N) is 1. The molecule has 3 aromatic rings. The Balaban J connectivity index is 0.00000240. The lowest BCUT2D eigenvalue weighted by molar-refractivity contribution is 0.0924. The van der Waals surface area contributed by atoms with Gasteiger partial charge in [-0.1, -0.05) is 33.2 Å². The molecule has 154 valence electrons. The van der Waals surface area contributed by atoms with Gasteiger partial charge in [-0.15, -0.1) is 12.4 Å². The molecule has 1 saturated heterocycles. The van der Waals surface area contributed by atoms with E-state index in [9.17, 15) is 4.79 Å². The van der Waals surface area contributed by atoms with Crippen molar-refractivity contribution in [2.75, 3.05) is 19.6 Å². The molecular formula is C21H23BrClN3O3. The van der Waals surface area contributed by atoms with E-state index in [0.29, 0.717) is 12.3 Å². The van der Waals surface area contributed by atoms with Crippen molar-refractivity contribution in [1.29, 1.82) is 0 Å². The Labute approximate surface area is 184 Å². The van der Waals surface area contributed by atoms with Crippen LogP contribution in [0.4, 0.5) is 0 Å². The standard InChI is InChI=1S/C21H22BrN3O3.ClH/c1-14-4-9-19(27-14)18(25-10-2-3-11-25)13-23-21(26)17-12-20(28-24-17)15-5-7-16(22)8-6-15;/h4-9,12,18H,2-3,10-11,13H2,1H3,(H,23,26);1H. The number of rotatable bonds is 6. The normalized spacial score (nSPS) is 15.1. The van der Waals surface area contributed by atoms with Gasteiger partial charge in [-0.2, -0.15) is 0 Å². The van der Waals surface area contributed by atoms with Crippen LogP contribution in [0.25, 0.3) is 11.3 Å². The van der Waals surface area contributed by atoms with Crippen molar-refractivity contribution >= 4 is 34.2 Å². The largest absolute Gasteiger partial charge is 0.465 e. The minimum atomic E-state index is -0.250. The second-order valence-corrected chi connectivity index (χ2v) is 7.92. The van der Waals surface area contributed by atoms with Crippen LogP contribution in [0.15, 0.2) is 55.9 Å². The molecule has 1 aliphatic heterocycles. The van der Waals surface area contributed by atoms with Crippen molar-refractivity contribution in [3.05, 3.63) is 64.2 Å². The highest BCUT2D eigenvalue weighted by Crippen LogP contribution is 2.26. The summed E-state index contributed by atoms with van der Waals surface area (Å²) < 4.78 is 12.2. The molecule has 0 aliphatic carbocycles. The lowest BCUT2D eigenvalue weighted by atomic mass is 10.1. The van der Waals surface area contributed by atoms with Gasteiger partial charge in [0.25, 0.3) is 5.91 Å². The molecule has 3 heterocycles. The molecule has 1 fully saturated rings. The maximum Gasteiger partial charge on any atom is 0.273 e. The smallest absolute Gasteiger partial charge is 0.273 e. The first-order valence-electron chi connectivity index (χ1n) is 9.41. The molecule has 1 N–H and O–H groups in total. The third-order valence-electron chi connectivity index (χ3n) is 5.00. The summed E-state index contributed by atoms with van der Waals surface area (Å²) >= 11 is 3.41. The van der Waals surface area contributed by atoms with E-state index in [1.807, 2.05) is 43.3 Å². The number of benzene rings is 1. The van der Waals surface area contributed by atoms with E-state index in [1.165, 1.54) is 12.8 Å². The zero-order chi connectivity index (χ0) is 19.5. The summed E-state index contributed by atoms with van der Waals surface area (Å²) in [5, 5.41) is 6.92. The SMILES string of the molecule is Cc1ccc(C(CNC(=O)c2cc(-c3ccc(Br)cc3)on2)N2CCCC2)o1.Cl. The van der Waals surface area contributed by atoms with Crippen molar-refractivity contribution in [2.24, 2.45) is 0 Å². The maximum atomic E-state index is 12.6. The molecule has 1 unspecified atom stereocenters. The molecule has 1 atom stereocenters. The number of aromatic nitrogens is 1.